The minimum Gasteiger partial charge on any atom is -0.422 e. The molecule has 96 valence electrons. The van der Waals surface area contributed by atoms with Crippen LogP contribution in [-0.2, 0) is 6.42 Å². The summed E-state index contributed by atoms with van der Waals surface area (Å²) >= 11 is 0. The molecule has 0 saturated carbocycles. The lowest BCUT2D eigenvalue weighted by Crippen LogP contribution is -2.00. The van der Waals surface area contributed by atoms with Crippen molar-refractivity contribution < 1.29 is 4.42 Å². The van der Waals surface area contributed by atoms with E-state index in [1.54, 1.807) is 6.07 Å². The van der Waals surface area contributed by atoms with E-state index in [2.05, 4.69) is 6.92 Å². The fourth-order valence-corrected chi connectivity index (χ4v) is 2.19. The monoisotopic (exact) mass is 245 g/mol. The van der Waals surface area contributed by atoms with Crippen LogP contribution < -0.4 is 11.4 Å². The van der Waals surface area contributed by atoms with Gasteiger partial charge in [-0.1, -0.05) is 26.2 Å². The van der Waals surface area contributed by atoms with E-state index in [9.17, 15) is 4.79 Å². The van der Waals surface area contributed by atoms with E-state index in [-0.39, 0.29) is 5.63 Å². The molecule has 3 heteroatoms. The molecule has 1 heterocycles. The predicted octanol–water partition coefficient (Wildman–Crippen LogP) is 3.50. The number of nitrogens with two attached hydrogens (primary N) is 1. The standard InChI is InChI=1S/C15H19NO2/c1-2-3-4-5-6-12-13(16)9-7-11-8-10-14(17)18-15(11)12/h7-10H,2-6,16H2,1H3. The van der Waals surface area contributed by atoms with Crippen molar-refractivity contribution in [3.8, 4) is 0 Å². The summed E-state index contributed by atoms with van der Waals surface area (Å²) in [5, 5.41) is 0.939. The first-order valence-corrected chi connectivity index (χ1v) is 6.53. The molecule has 2 N–H and O–H groups in total. The van der Waals surface area contributed by atoms with Crippen LogP contribution in [0.3, 0.4) is 0 Å². The SMILES string of the molecule is CCCCCCc1c(N)ccc2ccc(=O)oc12. The van der Waals surface area contributed by atoms with Gasteiger partial charge in [0.05, 0.1) is 0 Å². The van der Waals surface area contributed by atoms with E-state index >= 15 is 0 Å². The molecule has 3 nitrogen and oxygen atoms in total. The van der Waals surface area contributed by atoms with E-state index in [0.29, 0.717) is 11.3 Å². The van der Waals surface area contributed by atoms with E-state index in [4.69, 9.17) is 10.2 Å². The number of unbranched alkanes of at least 4 members (excludes halogenated alkanes) is 3. The van der Waals surface area contributed by atoms with Crippen LogP contribution in [0, 0.1) is 0 Å². The topological polar surface area (TPSA) is 56.2 Å². The Morgan fingerprint density at radius 1 is 1.11 bits per heavy atom. The van der Waals surface area contributed by atoms with Gasteiger partial charge in [-0.2, -0.15) is 0 Å². The van der Waals surface area contributed by atoms with Gasteiger partial charge in [-0.3, -0.25) is 0 Å². The molecule has 0 bridgehead atoms. The summed E-state index contributed by atoms with van der Waals surface area (Å²) in [5.41, 5.74) is 8.01. The maximum Gasteiger partial charge on any atom is 0.336 e. The molecular weight excluding hydrogens is 226 g/mol. The Hall–Kier alpha value is -1.77. The van der Waals surface area contributed by atoms with Gasteiger partial charge in [0.1, 0.15) is 5.58 Å². The van der Waals surface area contributed by atoms with Crippen LogP contribution >= 0.6 is 0 Å². The van der Waals surface area contributed by atoms with Crippen molar-refractivity contribution in [2.24, 2.45) is 0 Å². The largest absolute Gasteiger partial charge is 0.422 e. The van der Waals surface area contributed by atoms with Gasteiger partial charge in [0.15, 0.2) is 0 Å². The molecule has 0 unspecified atom stereocenters. The molecule has 0 spiro atoms. The number of hydrogen-bond acceptors (Lipinski definition) is 3. The maximum atomic E-state index is 11.3. The molecule has 0 saturated heterocycles. The Kier molecular flexibility index (Phi) is 4.03. The van der Waals surface area contributed by atoms with E-state index in [1.165, 1.54) is 25.3 Å². The van der Waals surface area contributed by atoms with Crippen molar-refractivity contribution in [1.29, 1.82) is 0 Å². The van der Waals surface area contributed by atoms with Gasteiger partial charge in [-0.05, 0) is 31.0 Å². The number of fused-ring (bicyclic) bond motifs is 1. The number of anilines is 1. The summed E-state index contributed by atoms with van der Waals surface area (Å²) in [5.74, 6) is 0. The molecule has 0 radical (unpaired) electrons. The Balaban J connectivity index is 2.32. The second-order valence-corrected chi connectivity index (χ2v) is 4.62. The first kappa shape index (κ1) is 12.7. The second kappa shape index (κ2) is 5.71. The molecule has 0 aliphatic heterocycles. The Morgan fingerprint density at radius 2 is 1.89 bits per heavy atom. The zero-order valence-corrected chi connectivity index (χ0v) is 10.7. The summed E-state index contributed by atoms with van der Waals surface area (Å²) in [6, 6.07) is 7.01. The number of rotatable bonds is 5. The molecule has 0 aliphatic rings. The molecule has 0 fully saturated rings. The van der Waals surface area contributed by atoms with Crippen LogP contribution in [0.1, 0.15) is 38.2 Å². The van der Waals surface area contributed by atoms with Crippen LogP contribution in [0.4, 0.5) is 5.69 Å². The molecule has 2 rings (SSSR count). The minimum atomic E-state index is -0.317. The van der Waals surface area contributed by atoms with Crippen LogP contribution in [0.5, 0.6) is 0 Å². The highest BCUT2D eigenvalue weighted by Crippen LogP contribution is 2.25. The first-order chi connectivity index (χ1) is 8.72. The summed E-state index contributed by atoms with van der Waals surface area (Å²) in [7, 11) is 0. The molecule has 2 aromatic rings. The van der Waals surface area contributed by atoms with Crippen molar-refractivity contribution in [2.75, 3.05) is 5.73 Å². The predicted molar refractivity (Wildman–Crippen MR) is 74.7 cm³/mol. The number of aryl methyl sites for hydroxylation is 1. The maximum absolute atomic E-state index is 11.3. The zero-order chi connectivity index (χ0) is 13.0. The van der Waals surface area contributed by atoms with Gasteiger partial charge >= 0.3 is 5.63 Å². The lowest BCUT2D eigenvalue weighted by atomic mass is 10.0. The van der Waals surface area contributed by atoms with E-state index in [1.807, 2.05) is 12.1 Å². The van der Waals surface area contributed by atoms with Gasteiger partial charge < -0.3 is 10.2 Å². The van der Waals surface area contributed by atoms with Crippen molar-refractivity contribution >= 4 is 16.7 Å². The van der Waals surface area contributed by atoms with Crippen molar-refractivity contribution in [1.82, 2.24) is 0 Å². The molecule has 0 atom stereocenters. The third-order valence-corrected chi connectivity index (χ3v) is 3.21. The summed E-state index contributed by atoms with van der Waals surface area (Å²) in [6.07, 6.45) is 5.57. The lowest BCUT2D eigenvalue weighted by molar-refractivity contribution is 0.555. The number of nitrogen functional groups attached to an aromatic ring is 1. The van der Waals surface area contributed by atoms with Gasteiger partial charge in [0.2, 0.25) is 0 Å². The number of benzene rings is 1. The third-order valence-electron chi connectivity index (χ3n) is 3.21. The Morgan fingerprint density at radius 3 is 2.67 bits per heavy atom. The van der Waals surface area contributed by atoms with Gasteiger partial charge in [-0.15, -0.1) is 0 Å². The second-order valence-electron chi connectivity index (χ2n) is 4.62. The van der Waals surface area contributed by atoms with Gasteiger partial charge in [0, 0.05) is 22.7 Å². The van der Waals surface area contributed by atoms with E-state index < -0.39 is 0 Å². The minimum absolute atomic E-state index is 0.317. The fraction of sp³-hybridized carbons (Fsp3) is 0.400. The lowest BCUT2D eigenvalue weighted by Gasteiger charge is -2.08. The van der Waals surface area contributed by atoms with Gasteiger partial charge in [-0.25, -0.2) is 4.79 Å². The molecule has 0 amide bonds. The highest BCUT2D eigenvalue weighted by molar-refractivity contribution is 5.84. The highest BCUT2D eigenvalue weighted by Gasteiger charge is 2.08. The molecule has 1 aromatic carbocycles. The van der Waals surface area contributed by atoms with Crippen LogP contribution in [0.25, 0.3) is 11.0 Å². The Bertz CT molecular complexity index is 587. The highest BCUT2D eigenvalue weighted by atomic mass is 16.4. The Labute approximate surface area is 107 Å². The quantitative estimate of drug-likeness (QED) is 0.498. The smallest absolute Gasteiger partial charge is 0.336 e. The van der Waals surface area contributed by atoms with Crippen LogP contribution in [0.2, 0.25) is 0 Å². The molecule has 1 aromatic heterocycles. The summed E-state index contributed by atoms with van der Waals surface area (Å²) < 4.78 is 5.30. The van der Waals surface area contributed by atoms with Crippen LogP contribution in [0.15, 0.2) is 33.5 Å². The van der Waals surface area contributed by atoms with Crippen LogP contribution in [-0.4, -0.2) is 0 Å². The van der Waals surface area contributed by atoms with E-state index in [0.717, 1.165) is 23.8 Å². The normalized spacial score (nSPS) is 10.9. The fourth-order valence-electron chi connectivity index (χ4n) is 2.19. The summed E-state index contributed by atoms with van der Waals surface area (Å²) in [6.45, 7) is 2.19. The number of hydrogen-bond donors (Lipinski definition) is 1. The molecule has 18 heavy (non-hydrogen) atoms. The average Bonchev–Trinajstić information content (AvgIpc) is 2.36. The molecule has 0 aliphatic carbocycles. The molecular formula is C15H19NO2. The van der Waals surface area contributed by atoms with Crippen molar-refractivity contribution in [2.45, 2.75) is 39.0 Å². The van der Waals surface area contributed by atoms with Crippen molar-refractivity contribution in [3.05, 3.63) is 40.2 Å². The van der Waals surface area contributed by atoms with Crippen molar-refractivity contribution in [3.63, 3.8) is 0 Å². The first-order valence-electron chi connectivity index (χ1n) is 6.53. The zero-order valence-electron chi connectivity index (χ0n) is 10.7. The van der Waals surface area contributed by atoms with Gasteiger partial charge in [0.25, 0.3) is 0 Å². The third kappa shape index (κ3) is 2.73. The summed E-state index contributed by atoms with van der Waals surface area (Å²) in [4.78, 5) is 11.3. The average molecular weight is 245 g/mol.